The van der Waals surface area contributed by atoms with Crippen molar-refractivity contribution in [1.82, 2.24) is 14.7 Å². The molecule has 0 radical (unpaired) electrons. The Morgan fingerprint density at radius 1 is 1.12 bits per heavy atom. The molecule has 3 amide bonds. The van der Waals surface area contributed by atoms with E-state index >= 15 is 0 Å². The van der Waals surface area contributed by atoms with E-state index in [1.807, 2.05) is 4.90 Å². The van der Waals surface area contributed by atoms with Crippen LogP contribution in [0.2, 0.25) is 0 Å². The summed E-state index contributed by atoms with van der Waals surface area (Å²) < 4.78 is 12.9. The van der Waals surface area contributed by atoms with E-state index in [-0.39, 0.29) is 36.4 Å². The summed E-state index contributed by atoms with van der Waals surface area (Å²) in [5.74, 6) is -0.640. The quantitative estimate of drug-likeness (QED) is 0.745. The molecule has 0 spiro atoms. The second kappa shape index (κ2) is 6.68. The maximum absolute atomic E-state index is 12.9. The maximum atomic E-state index is 12.9. The molecule has 0 aliphatic carbocycles. The molecule has 2 aliphatic heterocycles. The fourth-order valence-corrected chi connectivity index (χ4v) is 3.19. The van der Waals surface area contributed by atoms with Gasteiger partial charge in [-0.05, 0) is 17.7 Å². The zero-order chi connectivity index (χ0) is 17.3. The smallest absolute Gasteiger partial charge is 0.246 e. The van der Waals surface area contributed by atoms with Crippen LogP contribution in [0.1, 0.15) is 12.0 Å². The van der Waals surface area contributed by atoms with Crippen LogP contribution < -0.4 is 0 Å². The van der Waals surface area contributed by atoms with Gasteiger partial charge in [0.2, 0.25) is 17.7 Å². The Morgan fingerprint density at radius 3 is 2.29 bits per heavy atom. The zero-order valence-electron chi connectivity index (χ0n) is 13.6. The number of nitrogens with zero attached hydrogens (tertiary/aromatic N) is 3. The van der Waals surface area contributed by atoms with Gasteiger partial charge >= 0.3 is 0 Å². The first-order chi connectivity index (χ1) is 11.5. The highest BCUT2D eigenvalue weighted by Crippen LogP contribution is 2.19. The fraction of sp³-hybridized carbons (Fsp3) is 0.471. The molecule has 0 bridgehead atoms. The molecule has 1 aromatic rings. The van der Waals surface area contributed by atoms with Gasteiger partial charge in [-0.25, -0.2) is 4.39 Å². The summed E-state index contributed by atoms with van der Waals surface area (Å²) in [5.41, 5.74) is 0.780. The van der Waals surface area contributed by atoms with Gasteiger partial charge in [0.05, 0.1) is 18.9 Å². The normalized spacial score (nSPS) is 22.3. The van der Waals surface area contributed by atoms with Crippen molar-refractivity contribution in [2.24, 2.45) is 0 Å². The van der Waals surface area contributed by atoms with Crippen LogP contribution >= 0.6 is 0 Å². The zero-order valence-corrected chi connectivity index (χ0v) is 13.6. The number of hydrogen-bond donors (Lipinski definition) is 0. The fourth-order valence-electron chi connectivity index (χ4n) is 3.19. The lowest BCUT2D eigenvalue weighted by Crippen LogP contribution is -2.53. The summed E-state index contributed by atoms with van der Waals surface area (Å²) in [5, 5.41) is 0. The average Bonchev–Trinajstić information content (AvgIpc) is 2.84. The van der Waals surface area contributed by atoms with E-state index in [9.17, 15) is 18.8 Å². The van der Waals surface area contributed by atoms with Crippen molar-refractivity contribution in [3.63, 3.8) is 0 Å². The first-order valence-electron chi connectivity index (χ1n) is 8.02. The highest BCUT2D eigenvalue weighted by atomic mass is 19.1. The second-order valence-electron chi connectivity index (χ2n) is 6.23. The largest absolute Gasteiger partial charge is 0.340 e. The third kappa shape index (κ3) is 3.31. The van der Waals surface area contributed by atoms with E-state index in [4.69, 9.17) is 0 Å². The van der Waals surface area contributed by atoms with Crippen LogP contribution in [0.4, 0.5) is 4.39 Å². The minimum atomic E-state index is -0.392. The standard InChI is InChI=1S/C17H20FN3O3/c1-19-15(22)11-14(17(19)24)20-6-8-21(9-7-20)16(23)10-12-2-4-13(18)5-3-12/h2-5,14H,6-11H2,1H3. The highest BCUT2D eigenvalue weighted by Gasteiger charge is 2.40. The van der Waals surface area contributed by atoms with Gasteiger partial charge in [-0.2, -0.15) is 0 Å². The molecule has 1 unspecified atom stereocenters. The van der Waals surface area contributed by atoms with Crippen LogP contribution in [-0.2, 0) is 20.8 Å². The Morgan fingerprint density at radius 2 is 1.75 bits per heavy atom. The molecule has 1 atom stereocenters. The molecule has 0 aromatic heterocycles. The van der Waals surface area contributed by atoms with Gasteiger partial charge in [-0.1, -0.05) is 12.1 Å². The number of imide groups is 1. The molecule has 7 heteroatoms. The summed E-state index contributed by atoms with van der Waals surface area (Å²) in [4.78, 5) is 40.9. The lowest BCUT2D eigenvalue weighted by molar-refractivity contribution is -0.138. The van der Waals surface area contributed by atoms with Crippen molar-refractivity contribution >= 4 is 17.7 Å². The van der Waals surface area contributed by atoms with Crippen LogP contribution in [0.15, 0.2) is 24.3 Å². The second-order valence-corrected chi connectivity index (χ2v) is 6.23. The number of likely N-dealkylation sites (N-methyl/N-ethyl adjacent to an activating group) is 1. The van der Waals surface area contributed by atoms with Gasteiger partial charge in [0, 0.05) is 33.2 Å². The van der Waals surface area contributed by atoms with Crippen LogP contribution in [0.5, 0.6) is 0 Å². The maximum Gasteiger partial charge on any atom is 0.246 e. The van der Waals surface area contributed by atoms with Crippen LogP contribution in [-0.4, -0.2) is 71.7 Å². The van der Waals surface area contributed by atoms with Crippen molar-refractivity contribution in [1.29, 1.82) is 0 Å². The predicted octanol–water partition coefficient (Wildman–Crippen LogP) is 0.270. The Bertz CT molecular complexity index is 654. The topological polar surface area (TPSA) is 60.9 Å². The van der Waals surface area contributed by atoms with Crippen molar-refractivity contribution in [3.05, 3.63) is 35.6 Å². The van der Waals surface area contributed by atoms with E-state index in [1.165, 1.54) is 24.1 Å². The molecule has 2 heterocycles. The third-order valence-electron chi connectivity index (χ3n) is 4.73. The summed E-state index contributed by atoms with van der Waals surface area (Å²) in [6.45, 7) is 2.21. The van der Waals surface area contributed by atoms with E-state index in [0.717, 1.165) is 5.56 Å². The number of benzene rings is 1. The molecular formula is C17H20FN3O3. The predicted molar refractivity (Wildman–Crippen MR) is 84.4 cm³/mol. The Hall–Kier alpha value is -2.28. The molecule has 2 fully saturated rings. The molecule has 2 aliphatic rings. The summed E-state index contributed by atoms with van der Waals surface area (Å²) in [6.07, 6.45) is 0.461. The van der Waals surface area contributed by atoms with Crippen LogP contribution in [0.3, 0.4) is 0 Å². The van der Waals surface area contributed by atoms with Crippen LogP contribution in [0.25, 0.3) is 0 Å². The molecule has 6 nitrogen and oxygen atoms in total. The Labute approximate surface area is 139 Å². The van der Waals surface area contributed by atoms with Gasteiger partial charge in [0.25, 0.3) is 0 Å². The molecule has 1 aromatic carbocycles. The summed E-state index contributed by atoms with van der Waals surface area (Å²) in [7, 11) is 1.51. The number of amides is 3. The summed E-state index contributed by atoms with van der Waals surface area (Å²) >= 11 is 0. The summed E-state index contributed by atoms with van der Waals surface area (Å²) in [6, 6.07) is 5.53. The first kappa shape index (κ1) is 16.6. The van der Waals surface area contributed by atoms with E-state index in [2.05, 4.69) is 0 Å². The third-order valence-corrected chi connectivity index (χ3v) is 4.73. The number of carbonyl (C=O) groups is 3. The Kier molecular flexibility index (Phi) is 4.62. The first-order valence-corrected chi connectivity index (χ1v) is 8.02. The monoisotopic (exact) mass is 333 g/mol. The van der Waals surface area contributed by atoms with Gasteiger partial charge in [-0.3, -0.25) is 24.2 Å². The molecule has 3 rings (SSSR count). The number of piperazine rings is 1. The van der Waals surface area contributed by atoms with Crippen molar-refractivity contribution < 1.29 is 18.8 Å². The number of carbonyl (C=O) groups excluding carboxylic acids is 3. The van der Waals surface area contributed by atoms with Crippen molar-refractivity contribution in [2.75, 3.05) is 33.2 Å². The van der Waals surface area contributed by atoms with Gasteiger partial charge in [-0.15, -0.1) is 0 Å². The minimum absolute atomic E-state index is 0.00722. The SMILES string of the molecule is CN1C(=O)CC(N2CCN(C(=O)Cc3ccc(F)cc3)CC2)C1=O. The van der Waals surface area contributed by atoms with E-state index in [0.29, 0.717) is 26.2 Å². The molecule has 0 saturated carbocycles. The van der Waals surface area contributed by atoms with Crippen molar-refractivity contribution in [2.45, 2.75) is 18.9 Å². The number of hydrogen-bond acceptors (Lipinski definition) is 4. The van der Waals surface area contributed by atoms with Gasteiger partial charge in [0.15, 0.2) is 0 Å². The van der Waals surface area contributed by atoms with Gasteiger partial charge in [0.1, 0.15) is 5.82 Å². The minimum Gasteiger partial charge on any atom is -0.340 e. The van der Waals surface area contributed by atoms with E-state index in [1.54, 1.807) is 17.0 Å². The van der Waals surface area contributed by atoms with Gasteiger partial charge < -0.3 is 4.90 Å². The molecular weight excluding hydrogens is 313 g/mol. The van der Waals surface area contributed by atoms with E-state index < -0.39 is 6.04 Å². The number of likely N-dealkylation sites (tertiary alicyclic amines) is 1. The van der Waals surface area contributed by atoms with Crippen LogP contribution in [0, 0.1) is 5.82 Å². The number of halogens is 1. The van der Waals surface area contributed by atoms with Crippen molar-refractivity contribution in [3.8, 4) is 0 Å². The Balaban J connectivity index is 1.53. The number of rotatable bonds is 3. The molecule has 2 saturated heterocycles. The molecule has 24 heavy (non-hydrogen) atoms. The lowest BCUT2D eigenvalue weighted by atomic mass is 10.1. The average molecular weight is 333 g/mol. The lowest BCUT2D eigenvalue weighted by Gasteiger charge is -2.37. The molecule has 0 N–H and O–H groups in total. The molecule has 128 valence electrons. The highest BCUT2D eigenvalue weighted by molar-refractivity contribution is 6.05.